The van der Waals surface area contributed by atoms with E-state index in [1.165, 1.54) is 12.3 Å². The van der Waals surface area contributed by atoms with Gasteiger partial charge in [0, 0.05) is 10.4 Å². The summed E-state index contributed by atoms with van der Waals surface area (Å²) in [4.78, 5) is 0. The molecule has 0 amide bonds. The highest BCUT2D eigenvalue weighted by Crippen LogP contribution is 2.26. The molecule has 0 aliphatic carbocycles. The van der Waals surface area contributed by atoms with Crippen molar-refractivity contribution < 1.29 is 8.81 Å². The number of halogens is 2. The Balaban J connectivity index is 2.92. The maximum absolute atomic E-state index is 13.1. The minimum atomic E-state index is -0.411. The Kier molecular flexibility index (Phi) is 1.58. The summed E-state index contributed by atoms with van der Waals surface area (Å²) in [5, 5.41) is 1.13. The molecule has 0 aliphatic heterocycles. The van der Waals surface area contributed by atoms with Gasteiger partial charge >= 0.3 is 0 Å². The molecule has 0 fully saturated rings. The summed E-state index contributed by atoms with van der Waals surface area (Å²) in [5.74, 6) is -0.411. The van der Waals surface area contributed by atoms with Gasteiger partial charge in [0.1, 0.15) is 0 Å². The zero-order valence-electron chi connectivity index (χ0n) is 6.40. The summed E-state index contributed by atoms with van der Waals surface area (Å²) in [7, 11) is 0. The van der Waals surface area contributed by atoms with E-state index in [0.29, 0.717) is 5.02 Å². The fraction of sp³-hybridized carbons (Fsp3) is 0.111. The van der Waals surface area contributed by atoms with E-state index in [2.05, 4.69) is 0 Å². The van der Waals surface area contributed by atoms with Crippen LogP contribution in [0, 0.1) is 12.7 Å². The molecule has 1 aromatic carbocycles. The molecule has 1 nitrogen and oxygen atoms in total. The molecule has 0 spiro atoms. The number of fused-ring (bicyclic) bond motifs is 1. The van der Waals surface area contributed by atoms with Crippen LogP contribution in [0.5, 0.6) is 0 Å². The van der Waals surface area contributed by atoms with Crippen molar-refractivity contribution in [2.75, 3.05) is 0 Å². The lowest BCUT2D eigenvalue weighted by atomic mass is 10.2. The third-order valence-corrected chi connectivity index (χ3v) is 2.00. The van der Waals surface area contributed by atoms with Crippen LogP contribution in [0.3, 0.4) is 0 Å². The maximum Gasteiger partial charge on any atom is 0.169 e. The van der Waals surface area contributed by atoms with Gasteiger partial charge in [-0.2, -0.15) is 0 Å². The third-order valence-electron chi connectivity index (χ3n) is 1.79. The summed E-state index contributed by atoms with van der Waals surface area (Å²) < 4.78 is 18.1. The fourth-order valence-corrected chi connectivity index (χ4v) is 1.39. The Labute approximate surface area is 73.7 Å². The van der Waals surface area contributed by atoms with Gasteiger partial charge in [-0.25, -0.2) is 4.39 Å². The zero-order valence-corrected chi connectivity index (χ0v) is 7.15. The van der Waals surface area contributed by atoms with E-state index in [1.54, 1.807) is 6.07 Å². The second-order valence-corrected chi connectivity index (χ2v) is 3.12. The Morgan fingerprint density at radius 3 is 2.92 bits per heavy atom. The number of benzene rings is 1. The van der Waals surface area contributed by atoms with Crippen LogP contribution in [0.1, 0.15) is 5.56 Å². The van der Waals surface area contributed by atoms with Crippen molar-refractivity contribution in [1.29, 1.82) is 0 Å². The van der Waals surface area contributed by atoms with Crippen LogP contribution in [0.25, 0.3) is 11.0 Å². The number of rotatable bonds is 0. The van der Waals surface area contributed by atoms with Gasteiger partial charge in [-0.15, -0.1) is 0 Å². The topological polar surface area (TPSA) is 13.1 Å². The van der Waals surface area contributed by atoms with Gasteiger partial charge in [0.15, 0.2) is 11.4 Å². The molecule has 0 saturated carbocycles. The van der Waals surface area contributed by atoms with Gasteiger partial charge in [-0.3, -0.25) is 0 Å². The minimum absolute atomic E-state index is 0.275. The average Bonchev–Trinajstić information content (AvgIpc) is 2.33. The molecule has 0 radical (unpaired) electrons. The first-order chi connectivity index (χ1) is 5.68. The fourth-order valence-electron chi connectivity index (χ4n) is 1.18. The molecule has 1 heterocycles. The summed E-state index contributed by atoms with van der Waals surface area (Å²) >= 11 is 5.67. The highest BCUT2D eigenvalue weighted by Gasteiger charge is 2.08. The lowest BCUT2D eigenvalue weighted by Crippen LogP contribution is -1.75. The van der Waals surface area contributed by atoms with E-state index in [4.69, 9.17) is 16.0 Å². The van der Waals surface area contributed by atoms with E-state index in [0.717, 1.165) is 10.9 Å². The Morgan fingerprint density at radius 2 is 2.17 bits per heavy atom. The quantitative estimate of drug-likeness (QED) is 0.611. The SMILES string of the molecule is Cc1coc2c(F)cc(Cl)cc12. The number of hydrogen-bond donors (Lipinski definition) is 0. The highest BCUT2D eigenvalue weighted by atomic mass is 35.5. The average molecular weight is 185 g/mol. The standard InChI is InChI=1S/C9H6ClFO/c1-5-4-12-9-7(5)2-6(10)3-8(9)11/h2-4H,1H3. The molecular weight excluding hydrogens is 179 g/mol. The molecule has 3 heteroatoms. The monoisotopic (exact) mass is 184 g/mol. The molecule has 2 aromatic rings. The van der Waals surface area contributed by atoms with Crippen molar-refractivity contribution in [2.45, 2.75) is 6.92 Å². The molecule has 0 aliphatic rings. The summed E-state index contributed by atoms with van der Waals surface area (Å²) in [6, 6.07) is 2.94. The normalized spacial score (nSPS) is 10.9. The van der Waals surface area contributed by atoms with Crippen LogP contribution < -0.4 is 0 Å². The summed E-state index contributed by atoms with van der Waals surface area (Å²) in [6.07, 6.45) is 1.52. The first kappa shape index (κ1) is 7.62. The van der Waals surface area contributed by atoms with Crippen molar-refractivity contribution >= 4 is 22.6 Å². The first-order valence-electron chi connectivity index (χ1n) is 3.51. The van der Waals surface area contributed by atoms with E-state index in [1.807, 2.05) is 6.92 Å². The second kappa shape index (κ2) is 2.49. The molecule has 2 rings (SSSR count). The molecule has 0 N–H and O–H groups in total. The molecule has 12 heavy (non-hydrogen) atoms. The predicted molar refractivity (Wildman–Crippen MR) is 45.9 cm³/mol. The lowest BCUT2D eigenvalue weighted by Gasteiger charge is -1.93. The van der Waals surface area contributed by atoms with Crippen LogP contribution in [0.4, 0.5) is 4.39 Å². The van der Waals surface area contributed by atoms with Gasteiger partial charge in [0.25, 0.3) is 0 Å². The minimum Gasteiger partial charge on any atom is -0.461 e. The predicted octanol–water partition coefficient (Wildman–Crippen LogP) is 3.53. The van der Waals surface area contributed by atoms with Crippen molar-refractivity contribution in [3.63, 3.8) is 0 Å². The first-order valence-corrected chi connectivity index (χ1v) is 3.89. The van der Waals surface area contributed by atoms with Crippen LogP contribution >= 0.6 is 11.6 Å². The summed E-state index contributed by atoms with van der Waals surface area (Å²) in [6.45, 7) is 1.85. The Hall–Kier alpha value is -1.02. The van der Waals surface area contributed by atoms with E-state index < -0.39 is 5.82 Å². The molecular formula is C9H6ClFO. The molecule has 0 unspecified atom stereocenters. The lowest BCUT2D eigenvalue weighted by molar-refractivity contribution is 0.559. The maximum atomic E-state index is 13.1. The van der Waals surface area contributed by atoms with Crippen LogP contribution in [0.15, 0.2) is 22.8 Å². The van der Waals surface area contributed by atoms with Crippen LogP contribution in [-0.2, 0) is 0 Å². The third kappa shape index (κ3) is 0.994. The van der Waals surface area contributed by atoms with Crippen molar-refractivity contribution in [3.05, 3.63) is 34.8 Å². The zero-order chi connectivity index (χ0) is 8.72. The van der Waals surface area contributed by atoms with Crippen molar-refractivity contribution in [3.8, 4) is 0 Å². The molecule has 62 valence electrons. The van der Waals surface area contributed by atoms with Crippen LogP contribution in [-0.4, -0.2) is 0 Å². The van der Waals surface area contributed by atoms with E-state index >= 15 is 0 Å². The number of aryl methyl sites for hydroxylation is 1. The van der Waals surface area contributed by atoms with E-state index in [-0.39, 0.29) is 5.58 Å². The van der Waals surface area contributed by atoms with Crippen LogP contribution in [0.2, 0.25) is 5.02 Å². The van der Waals surface area contributed by atoms with Crippen molar-refractivity contribution in [2.24, 2.45) is 0 Å². The smallest absolute Gasteiger partial charge is 0.169 e. The molecule has 0 saturated heterocycles. The molecule has 0 atom stereocenters. The van der Waals surface area contributed by atoms with Crippen molar-refractivity contribution in [1.82, 2.24) is 0 Å². The van der Waals surface area contributed by atoms with Gasteiger partial charge in [0.05, 0.1) is 6.26 Å². The van der Waals surface area contributed by atoms with Gasteiger partial charge < -0.3 is 4.42 Å². The molecule has 0 bridgehead atoms. The second-order valence-electron chi connectivity index (χ2n) is 2.68. The largest absolute Gasteiger partial charge is 0.461 e. The summed E-state index contributed by atoms with van der Waals surface area (Å²) in [5.41, 5.74) is 1.17. The highest BCUT2D eigenvalue weighted by molar-refractivity contribution is 6.31. The number of hydrogen-bond acceptors (Lipinski definition) is 1. The van der Waals surface area contributed by atoms with Gasteiger partial charge in [0.2, 0.25) is 0 Å². The Bertz CT molecular complexity index is 433. The molecule has 1 aromatic heterocycles. The Morgan fingerprint density at radius 1 is 1.42 bits per heavy atom. The van der Waals surface area contributed by atoms with Gasteiger partial charge in [-0.1, -0.05) is 11.6 Å². The number of furan rings is 1. The van der Waals surface area contributed by atoms with Gasteiger partial charge in [-0.05, 0) is 24.6 Å². The van der Waals surface area contributed by atoms with E-state index in [9.17, 15) is 4.39 Å².